The molecule has 130 valence electrons. The molecule has 25 heavy (non-hydrogen) atoms. The molecule has 0 aliphatic carbocycles. The van der Waals surface area contributed by atoms with Crippen LogP contribution in [0.4, 0.5) is 4.39 Å². The molecule has 0 radical (unpaired) electrons. The summed E-state index contributed by atoms with van der Waals surface area (Å²) >= 11 is 0. The summed E-state index contributed by atoms with van der Waals surface area (Å²) in [6, 6.07) is 11.8. The Morgan fingerprint density at radius 2 is 1.92 bits per heavy atom. The molecule has 6 heteroatoms. The Morgan fingerprint density at radius 1 is 1.16 bits per heavy atom. The van der Waals surface area contributed by atoms with Gasteiger partial charge in [-0.15, -0.1) is 0 Å². The van der Waals surface area contributed by atoms with Crippen LogP contribution in [-0.2, 0) is 22.5 Å². The van der Waals surface area contributed by atoms with Crippen molar-refractivity contribution in [3.8, 4) is 5.75 Å². The minimum atomic E-state index is -0.870. The molecule has 1 amide bonds. The number of benzene rings is 2. The number of amides is 1. The second-order valence-corrected chi connectivity index (χ2v) is 5.76. The van der Waals surface area contributed by atoms with E-state index in [0.717, 1.165) is 18.1 Å². The highest BCUT2D eigenvalue weighted by Gasteiger charge is 2.22. The predicted molar refractivity (Wildman–Crippen MR) is 88.8 cm³/mol. The van der Waals surface area contributed by atoms with Gasteiger partial charge in [-0.05, 0) is 29.7 Å². The Hall–Kier alpha value is -2.89. The fourth-order valence-electron chi connectivity index (χ4n) is 2.79. The van der Waals surface area contributed by atoms with Crippen LogP contribution in [0.15, 0.2) is 42.5 Å². The lowest BCUT2D eigenvalue weighted by atomic mass is 10.00. The first-order valence-electron chi connectivity index (χ1n) is 7.93. The Bertz CT molecular complexity index is 806. The monoisotopic (exact) mass is 343 g/mol. The van der Waals surface area contributed by atoms with Gasteiger partial charge < -0.3 is 14.4 Å². The summed E-state index contributed by atoms with van der Waals surface area (Å²) in [7, 11) is 1.40. The van der Waals surface area contributed by atoms with Gasteiger partial charge in [-0.3, -0.25) is 4.79 Å². The summed E-state index contributed by atoms with van der Waals surface area (Å²) in [6.07, 6.45) is 0.767. The molecule has 0 saturated carbocycles. The lowest BCUT2D eigenvalue weighted by molar-refractivity contribution is -0.135. The van der Waals surface area contributed by atoms with Crippen molar-refractivity contribution in [2.24, 2.45) is 0 Å². The van der Waals surface area contributed by atoms with Crippen LogP contribution in [0.1, 0.15) is 21.5 Å². The molecule has 0 N–H and O–H groups in total. The Labute approximate surface area is 145 Å². The molecule has 0 aromatic heterocycles. The highest BCUT2D eigenvalue weighted by molar-refractivity contribution is 5.91. The van der Waals surface area contributed by atoms with Crippen LogP contribution in [0, 0.1) is 5.82 Å². The Kier molecular flexibility index (Phi) is 4.97. The van der Waals surface area contributed by atoms with Gasteiger partial charge >= 0.3 is 5.97 Å². The topological polar surface area (TPSA) is 55.8 Å². The number of carbonyl (C=O) groups is 2. The summed E-state index contributed by atoms with van der Waals surface area (Å²) in [5.41, 5.74) is 2.09. The summed E-state index contributed by atoms with van der Waals surface area (Å²) in [5, 5.41) is 0. The molecule has 2 aromatic carbocycles. The number of hydrogen-bond acceptors (Lipinski definition) is 4. The van der Waals surface area contributed by atoms with Crippen molar-refractivity contribution in [2.45, 2.75) is 13.0 Å². The van der Waals surface area contributed by atoms with E-state index in [-0.39, 0.29) is 11.5 Å². The summed E-state index contributed by atoms with van der Waals surface area (Å²) in [5.74, 6) is -1.61. The number of fused-ring (bicyclic) bond motifs is 1. The van der Waals surface area contributed by atoms with Gasteiger partial charge in [-0.2, -0.15) is 0 Å². The maximum atomic E-state index is 13.9. The van der Waals surface area contributed by atoms with Crippen molar-refractivity contribution < 1.29 is 23.5 Å². The first kappa shape index (κ1) is 17.0. The van der Waals surface area contributed by atoms with Gasteiger partial charge in [0.25, 0.3) is 5.91 Å². The van der Waals surface area contributed by atoms with Crippen LogP contribution in [-0.4, -0.2) is 37.0 Å². The van der Waals surface area contributed by atoms with E-state index in [0.29, 0.717) is 18.8 Å². The molecule has 1 aliphatic heterocycles. The second kappa shape index (κ2) is 7.34. The van der Waals surface area contributed by atoms with Gasteiger partial charge in [0, 0.05) is 19.2 Å². The SMILES string of the molecule is COc1ccc(C(=O)OCC(=O)N2CCc3ccccc3C2)c(F)c1. The Balaban J connectivity index is 1.58. The molecule has 2 aromatic rings. The highest BCUT2D eigenvalue weighted by atomic mass is 19.1. The number of esters is 1. The van der Waals surface area contributed by atoms with E-state index in [2.05, 4.69) is 0 Å². The minimum absolute atomic E-state index is 0.224. The highest BCUT2D eigenvalue weighted by Crippen LogP contribution is 2.19. The van der Waals surface area contributed by atoms with Crippen LogP contribution < -0.4 is 4.74 Å². The van der Waals surface area contributed by atoms with Crippen molar-refractivity contribution in [1.82, 2.24) is 4.90 Å². The molecule has 0 saturated heterocycles. The van der Waals surface area contributed by atoms with Crippen LogP contribution in [0.2, 0.25) is 0 Å². The molecule has 0 fully saturated rings. The lowest BCUT2D eigenvalue weighted by Crippen LogP contribution is -2.38. The van der Waals surface area contributed by atoms with Gasteiger partial charge in [0.2, 0.25) is 0 Å². The second-order valence-electron chi connectivity index (χ2n) is 5.76. The van der Waals surface area contributed by atoms with Crippen LogP contribution >= 0.6 is 0 Å². The molecule has 5 nitrogen and oxygen atoms in total. The molecule has 0 bridgehead atoms. The van der Waals surface area contributed by atoms with E-state index < -0.39 is 18.4 Å². The van der Waals surface area contributed by atoms with E-state index in [4.69, 9.17) is 9.47 Å². The van der Waals surface area contributed by atoms with Crippen molar-refractivity contribution >= 4 is 11.9 Å². The van der Waals surface area contributed by atoms with Crippen molar-refractivity contribution in [1.29, 1.82) is 0 Å². The van der Waals surface area contributed by atoms with Gasteiger partial charge in [0.15, 0.2) is 6.61 Å². The number of ether oxygens (including phenoxy) is 2. The molecule has 1 heterocycles. The predicted octanol–water partition coefficient (Wildman–Crippen LogP) is 2.58. The molecular formula is C19H18FNO4. The van der Waals surface area contributed by atoms with Gasteiger partial charge in [0.05, 0.1) is 12.7 Å². The van der Waals surface area contributed by atoms with E-state index in [1.54, 1.807) is 4.90 Å². The number of halogens is 1. The largest absolute Gasteiger partial charge is 0.497 e. The Morgan fingerprint density at radius 3 is 2.64 bits per heavy atom. The third kappa shape index (κ3) is 3.79. The summed E-state index contributed by atoms with van der Waals surface area (Å²) in [4.78, 5) is 25.9. The number of rotatable bonds is 4. The number of methoxy groups -OCH3 is 1. The normalized spacial score (nSPS) is 13.1. The van der Waals surface area contributed by atoms with E-state index in [1.165, 1.54) is 24.8 Å². The maximum Gasteiger partial charge on any atom is 0.341 e. The van der Waals surface area contributed by atoms with E-state index in [9.17, 15) is 14.0 Å². The smallest absolute Gasteiger partial charge is 0.341 e. The molecule has 3 rings (SSSR count). The summed E-state index contributed by atoms with van der Waals surface area (Å²) in [6.45, 7) is 0.653. The zero-order valence-electron chi connectivity index (χ0n) is 13.8. The first-order valence-corrected chi connectivity index (χ1v) is 7.93. The molecule has 1 aliphatic rings. The number of hydrogen-bond donors (Lipinski definition) is 0. The first-order chi connectivity index (χ1) is 12.1. The fraction of sp³-hybridized carbons (Fsp3) is 0.263. The average molecular weight is 343 g/mol. The van der Waals surface area contributed by atoms with Gasteiger partial charge in [-0.25, -0.2) is 9.18 Å². The van der Waals surface area contributed by atoms with Gasteiger partial charge in [0.1, 0.15) is 11.6 Å². The fourth-order valence-corrected chi connectivity index (χ4v) is 2.79. The van der Waals surface area contributed by atoms with Crippen molar-refractivity contribution in [3.05, 3.63) is 65.0 Å². The van der Waals surface area contributed by atoms with Crippen LogP contribution in [0.25, 0.3) is 0 Å². The number of nitrogens with zero attached hydrogens (tertiary/aromatic N) is 1. The quantitative estimate of drug-likeness (QED) is 0.801. The average Bonchev–Trinajstić information content (AvgIpc) is 2.65. The van der Waals surface area contributed by atoms with Crippen molar-refractivity contribution in [2.75, 3.05) is 20.3 Å². The van der Waals surface area contributed by atoms with Crippen LogP contribution in [0.3, 0.4) is 0 Å². The molecule has 0 atom stereocenters. The van der Waals surface area contributed by atoms with Gasteiger partial charge in [-0.1, -0.05) is 24.3 Å². The standard InChI is InChI=1S/C19H18FNO4/c1-24-15-6-7-16(17(20)10-15)19(23)25-12-18(22)21-9-8-13-4-2-3-5-14(13)11-21/h2-7,10H,8-9,11-12H2,1H3. The third-order valence-electron chi connectivity index (χ3n) is 4.21. The third-order valence-corrected chi connectivity index (χ3v) is 4.21. The van der Waals surface area contributed by atoms with Crippen LogP contribution in [0.5, 0.6) is 5.75 Å². The summed E-state index contributed by atoms with van der Waals surface area (Å²) < 4.78 is 23.7. The zero-order valence-corrected chi connectivity index (χ0v) is 13.8. The van der Waals surface area contributed by atoms with E-state index >= 15 is 0 Å². The molecule has 0 spiro atoms. The minimum Gasteiger partial charge on any atom is -0.497 e. The lowest BCUT2D eigenvalue weighted by Gasteiger charge is -2.28. The number of carbonyl (C=O) groups excluding carboxylic acids is 2. The zero-order chi connectivity index (χ0) is 17.8. The maximum absolute atomic E-state index is 13.9. The molecule has 0 unspecified atom stereocenters. The van der Waals surface area contributed by atoms with E-state index in [1.807, 2.05) is 24.3 Å². The molecular weight excluding hydrogens is 325 g/mol. The van der Waals surface area contributed by atoms with Crippen molar-refractivity contribution in [3.63, 3.8) is 0 Å².